The largest absolute Gasteiger partial charge is 0.465 e. The van der Waals surface area contributed by atoms with Crippen LogP contribution < -0.4 is 5.32 Å². The number of nitrogens with one attached hydrogen (secondary N) is 1. The minimum absolute atomic E-state index is 0.151. The first kappa shape index (κ1) is 20.3. The molecule has 0 heterocycles. The van der Waals surface area contributed by atoms with Crippen LogP contribution in [-0.4, -0.2) is 60.5 Å². The van der Waals surface area contributed by atoms with Gasteiger partial charge in [0.25, 0.3) is 7.37 Å². The Morgan fingerprint density at radius 2 is 1.76 bits per heavy atom. The van der Waals surface area contributed by atoms with Gasteiger partial charge in [-0.1, -0.05) is 0 Å². The SMILES string of the molecule is CCOC(C)(OCC)P(=O)(CC(CO)NC(=O)O)OCC. The van der Waals surface area contributed by atoms with E-state index in [4.69, 9.17) is 19.1 Å². The fourth-order valence-electron chi connectivity index (χ4n) is 1.93. The number of amides is 1. The minimum atomic E-state index is -3.53. The van der Waals surface area contributed by atoms with E-state index in [0.717, 1.165) is 0 Å². The van der Waals surface area contributed by atoms with Crippen molar-refractivity contribution in [1.29, 1.82) is 0 Å². The van der Waals surface area contributed by atoms with E-state index in [1.54, 1.807) is 20.8 Å². The summed E-state index contributed by atoms with van der Waals surface area (Å²) in [7, 11) is -3.53. The number of hydrogen-bond acceptors (Lipinski definition) is 6. The van der Waals surface area contributed by atoms with Crippen LogP contribution in [0.25, 0.3) is 0 Å². The van der Waals surface area contributed by atoms with Gasteiger partial charge in [0, 0.05) is 13.2 Å². The molecule has 0 rings (SSSR count). The zero-order chi connectivity index (χ0) is 16.5. The van der Waals surface area contributed by atoms with Crippen LogP contribution in [0.5, 0.6) is 0 Å². The molecule has 0 aromatic heterocycles. The van der Waals surface area contributed by atoms with Gasteiger partial charge in [-0.2, -0.15) is 0 Å². The summed E-state index contributed by atoms with van der Waals surface area (Å²) in [6.45, 7) is 6.79. The summed E-state index contributed by atoms with van der Waals surface area (Å²) in [6.07, 6.45) is -1.54. The van der Waals surface area contributed by atoms with E-state index in [-0.39, 0.29) is 26.0 Å². The van der Waals surface area contributed by atoms with Gasteiger partial charge >= 0.3 is 6.09 Å². The highest BCUT2D eigenvalue weighted by molar-refractivity contribution is 7.60. The number of carbonyl (C=O) groups is 1. The van der Waals surface area contributed by atoms with Gasteiger partial charge < -0.3 is 29.5 Å². The number of aliphatic hydroxyl groups excluding tert-OH is 1. The lowest BCUT2D eigenvalue weighted by Gasteiger charge is -2.37. The lowest BCUT2D eigenvalue weighted by Crippen LogP contribution is -2.43. The Kier molecular flexibility index (Phi) is 9.08. The molecule has 0 spiro atoms. The highest BCUT2D eigenvalue weighted by atomic mass is 31.2. The topological polar surface area (TPSA) is 114 Å². The molecule has 1 amide bonds. The molecule has 3 N–H and O–H groups in total. The van der Waals surface area contributed by atoms with E-state index in [2.05, 4.69) is 5.32 Å². The average Bonchev–Trinajstić information content (AvgIpc) is 2.38. The molecule has 0 aromatic carbocycles. The molecular weight excluding hydrogens is 301 g/mol. The predicted molar refractivity (Wildman–Crippen MR) is 77.8 cm³/mol. The van der Waals surface area contributed by atoms with Crippen LogP contribution >= 0.6 is 7.37 Å². The van der Waals surface area contributed by atoms with Gasteiger partial charge in [-0.25, -0.2) is 4.79 Å². The molecular formula is C12H26NO7P. The van der Waals surface area contributed by atoms with Crippen molar-refractivity contribution in [2.45, 2.75) is 39.3 Å². The van der Waals surface area contributed by atoms with Crippen molar-refractivity contribution < 1.29 is 33.6 Å². The maximum atomic E-state index is 13.1. The fraction of sp³-hybridized carbons (Fsp3) is 0.917. The summed E-state index contributed by atoms with van der Waals surface area (Å²) in [5.74, 6) is 0. The molecule has 0 aliphatic carbocycles. The molecule has 0 aliphatic rings. The van der Waals surface area contributed by atoms with E-state index in [9.17, 15) is 14.5 Å². The Hall–Kier alpha value is -0.660. The number of carboxylic acid groups (broad SMARTS) is 1. The second-order valence-corrected chi connectivity index (χ2v) is 7.15. The first-order chi connectivity index (χ1) is 9.78. The van der Waals surface area contributed by atoms with Crippen LogP contribution in [0.15, 0.2) is 0 Å². The summed E-state index contributed by atoms with van der Waals surface area (Å²) >= 11 is 0. The molecule has 2 unspecified atom stereocenters. The molecule has 0 aromatic rings. The quantitative estimate of drug-likeness (QED) is 0.390. The van der Waals surface area contributed by atoms with Gasteiger partial charge in [-0.3, -0.25) is 4.57 Å². The second-order valence-electron chi connectivity index (χ2n) is 4.37. The van der Waals surface area contributed by atoms with Crippen molar-refractivity contribution in [1.82, 2.24) is 5.32 Å². The predicted octanol–water partition coefficient (Wildman–Crippen LogP) is 1.68. The zero-order valence-electron chi connectivity index (χ0n) is 13.0. The van der Waals surface area contributed by atoms with E-state index in [1.807, 2.05) is 0 Å². The lowest BCUT2D eigenvalue weighted by molar-refractivity contribution is -0.168. The Balaban J connectivity index is 5.35. The Morgan fingerprint density at radius 3 is 2.10 bits per heavy atom. The van der Waals surface area contributed by atoms with Crippen LogP contribution in [0.2, 0.25) is 0 Å². The summed E-state index contributed by atoms with van der Waals surface area (Å²) in [5.41, 5.74) is -1.49. The minimum Gasteiger partial charge on any atom is -0.465 e. The van der Waals surface area contributed by atoms with E-state index >= 15 is 0 Å². The summed E-state index contributed by atoms with van der Waals surface area (Å²) in [6, 6.07) is -0.930. The highest BCUT2D eigenvalue weighted by Crippen LogP contribution is 2.60. The fourth-order valence-corrected chi connectivity index (χ4v) is 4.46. The van der Waals surface area contributed by atoms with E-state index < -0.39 is 31.6 Å². The summed E-state index contributed by atoms with van der Waals surface area (Å²) in [4.78, 5) is 10.7. The second kappa shape index (κ2) is 9.38. The maximum absolute atomic E-state index is 13.1. The molecule has 0 bridgehead atoms. The molecule has 0 fully saturated rings. The lowest BCUT2D eigenvalue weighted by atomic mass is 10.4. The van der Waals surface area contributed by atoms with Crippen LogP contribution in [0.4, 0.5) is 4.79 Å². The maximum Gasteiger partial charge on any atom is 0.404 e. The van der Waals surface area contributed by atoms with E-state index in [1.165, 1.54) is 6.92 Å². The standard InChI is InChI=1S/C12H26NO7P/c1-5-18-12(4,19-6-2)21(17,20-7-3)9-10(8-14)13-11(15)16/h10,13-14H,5-9H2,1-4H3,(H,15,16). The van der Waals surface area contributed by atoms with Crippen molar-refractivity contribution >= 4 is 13.5 Å². The molecule has 0 radical (unpaired) electrons. The van der Waals surface area contributed by atoms with Crippen molar-refractivity contribution in [2.75, 3.05) is 32.6 Å². The monoisotopic (exact) mass is 327 g/mol. The number of aliphatic hydroxyl groups is 1. The van der Waals surface area contributed by atoms with Crippen LogP contribution in [-0.2, 0) is 18.6 Å². The van der Waals surface area contributed by atoms with Crippen molar-refractivity contribution in [3.05, 3.63) is 0 Å². The number of rotatable bonds is 11. The molecule has 126 valence electrons. The highest BCUT2D eigenvalue weighted by Gasteiger charge is 2.49. The molecule has 21 heavy (non-hydrogen) atoms. The molecule has 0 aliphatic heterocycles. The number of ether oxygens (including phenoxy) is 2. The van der Waals surface area contributed by atoms with Crippen molar-refractivity contribution in [3.8, 4) is 0 Å². The molecule has 2 atom stereocenters. The van der Waals surface area contributed by atoms with Crippen molar-refractivity contribution in [3.63, 3.8) is 0 Å². The van der Waals surface area contributed by atoms with Gasteiger partial charge in [0.1, 0.15) is 0 Å². The smallest absolute Gasteiger partial charge is 0.404 e. The molecule has 0 saturated heterocycles. The number of hydrogen-bond donors (Lipinski definition) is 3. The summed E-state index contributed by atoms with van der Waals surface area (Å²) in [5, 5.41) is 20.1. The third-order valence-corrected chi connectivity index (χ3v) is 5.88. The third-order valence-electron chi connectivity index (χ3n) is 2.79. The van der Waals surface area contributed by atoms with Gasteiger partial charge in [-0.05, 0) is 27.7 Å². The first-order valence-corrected chi connectivity index (χ1v) is 8.71. The Labute approximate surface area is 125 Å². The van der Waals surface area contributed by atoms with Crippen LogP contribution in [0, 0.1) is 0 Å². The van der Waals surface area contributed by atoms with Crippen LogP contribution in [0.3, 0.4) is 0 Å². The normalized spacial score (nSPS) is 16.2. The van der Waals surface area contributed by atoms with Gasteiger partial charge in [-0.15, -0.1) is 0 Å². The average molecular weight is 327 g/mol. The van der Waals surface area contributed by atoms with Gasteiger partial charge in [0.15, 0.2) is 0 Å². The van der Waals surface area contributed by atoms with Crippen molar-refractivity contribution in [2.24, 2.45) is 0 Å². The molecule has 8 nitrogen and oxygen atoms in total. The molecule has 9 heteroatoms. The van der Waals surface area contributed by atoms with Gasteiger partial charge in [0.05, 0.1) is 25.4 Å². The summed E-state index contributed by atoms with van der Waals surface area (Å²) < 4.78 is 29.5. The Bertz CT molecular complexity index is 358. The van der Waals surface area contributed by atoms with Crippen LogP contribution in [0.1, 0.15) is 27.7 Å². The van der Waals surface area contributed by atoms with E-state index in [0.29, 0.717) is 0 Å². The molecule has 0 saturated carbocycles. The first-order valence-electron chi connectivity index (χ1n) is 6.90. The third kappa shape index (κ3) is 5.92. The van der Waals surface area contributed by atoms with Gasteiger partial charge in [0.2, 0.25) is 5.53 Å². The zero-order valence-corrected chi connectivity index (χ0v) is 13.9. The Morgan fingerprint density at radius 1 is 1.24 bits per heavy atom.